The Kier molecular flexibility index (Phi) is 9.25. The van der Waals surface area contributed by atoms with Crippen molar-refractivity contribution in [2.45, 2.75) is 13.0 Å². The second-order valence-corrected chi connectivity index (χ2v) is 6.34. The summed E-state index contributed by atoms with van der Waals surface area (Å²) < 4.78 is 32.3. The van der Waals surface area contributed by atoms with Crippen LogP contribution in [0.4, 0.5) is 8.78 Å². The summed E-state index contributed by atoms with van der Waals surface area (Å²) in [6, 6.07) is 11.4. The minimum atomic E-state index is -2.60. The van der Waals surface area contributed by atoms with Gasteiger partial charge in [-0.3, -0.25) is 4.79 Å². The van der Waals surface area contributed by atoms with Gasteiger partial charge in [0.1, 0.15) is 11.7 Å². The van der Waals surface area contributed by atoms with Gasteiger partial charge >= 0.3 is 0 Å². The molecule has 121 valence electrons. The molecule has 0 aliphatic rings. The topological polar surface area (TPSA) is 31.2 Å². The molecule has 0 saturated heterocycles. The van der Waals surface area contributed by atoms with E-state index in [1.165, 1.54) is 6.07 Å². The van der Waals surface area contributed by atoms with Gasteiger partial charge in [0.2, 0.25) is 5.56 Å². The molecule has 0 amide bonds. The van der Waals surface area contributed by atoms with E-state index >= 15 is 0 Å². The maximum atomic E-state index is 12.7. The van der Waals surface area contributed by atoms with Gasteiger partial charge in [-0.1, -0.05) is 11.3 Å². The minimum Gasteiger partial charge on any atom is -0.483 e. The summed E-state index contributed by atoms with van der Waals surface area (Å²) in [6.07, 6.45) is -0.676. The van der Waals surface area contributed by atoms with Crippen molar-refractivity contribution in [1.29, 1.82) is 0 Å². The van der Waals surface area contributed by atoms with Crippen LogP contribution in [-0.2, 0) is 39.3 Å². The predicted molar refractivity (Wildman–Crippen MR) is 92.7 cm³/mol. The molecule has 0 saturated carbocycles. The average molecular weight is 525 g/mol. The van der Waals surface area contributed by atoms with Crippen molar-refractivity contribution in [1.82, 2.24) is 4.57 Å². The van der Waals surface area contributed by atoms with E-state index in [1.807, 2.05) is 28.8 Å². The summed E-state index contributed by atoms with van der Waals surface area (Å²) in [5, 5.41) is 0. The predicted octanol–water partition coefficient (Wildman–Crippen LogP) is 3.88. The fourth-order valence-electron chi connectivity index (χ4n) is 1.89. The first-order valence-electron chi connectivity index (χ1n) is 6.34. The van der Waals surface area contributed by atoms with Crippen LogP contribution in [0.3, 0.4) is 0 Å². The summed E-state index contributed by atoms with van der Waals surface area (Å²) in [5.41, 5.74) is 0.560. The molecule has 8 heteroatoms. The SMILES string of the molecule is CSCOc1ccc(-c2[c-]cc(I)c(=O)n2CC(F)F)cc1.[Y]. The van der Waals surface area contributed by atoms with E-state index in [4.69, 9.17) is 4.74 Å². The number of benzene rings is 1. The van der Waals surface area contributed by atoms with Crippen LogP contribution in [0.25, 0.3) is 11.3 Å². The zero-order chi connectivity index (χ0) is 16.1. The van der Waals surface area contributed by atoms with E-state index in [-0.39, 0.29) is 32.7 Å². The largest absolute Gasteiger partial charge is 0.483 e. The Morgan fingerprint density at radius 3 is 2.57 bits per heavy atom. The number of pyridine rings is 1. The Bertz CT molecular complexity index is 695. The Morgan fingerprint density at radius 1 is 1.35 bits per heavy atom. The maximum absolute atomic E-state index is 12.7. The van der Waals surface area contributed by atoms with Crippen molar-refractivity contribution in [3.8, 4) is 17.0 Å². The Morgan fingerprint density at radius 2 is 2.00 bits per heavy atom. The molecule has 2 aromatic rings. The van der Waals surface area contributed by atoms with Crippen LogP contribution < -0.4 is 10.3 Å². The second kappa shape index (κ2) is 10.1. The van der Waals surface area contributed by atoms with Gasteiger partial charge < -0.3 is 9.30 Å². The fraction of sp³-hybridized carbons (Fsp3) is 0.267. The number of hydrogen-bond donors (Lipinski definition) is 0. The smallest absolute Gasteiger partial charge is 0.256 e. The molecule has 1 aromatic heterocycles. The van der Waals surface area contributed by atoms with E-state index < -0.39 is 18.5 Å². The van der Waals surface area contributed by atoms with E-state index in [9.17, 15) is 13.6 Å². The van der Waals surface area contributed by atoms with Crippen molar-refractivity contribution < 1.29 is 46.2 Å². The Hall–Kier alpha value is 0.0139. The van der Waals surface area contributed by atoms with Crippen molar-refractivity contribution in [2.24, 2.45) is 0 Å². The zero-order valence-electron chi connectivity index (χ0n) is 12.3. The van der Waals surface area contributed by atoms with Crippen molar-refractivity contribution in [3.63, 3.8) is 0 Å². The Labute approximate surface area is 176 Å². The van der Waals surface area contributed by atoms with E-state index in [1.54, 1.807) is 36.0 Å². The molecule has 1 radical (unpaired) electrons. The number of nitrogens with zero attached hydrogens (tertiary/aromatic N) is 1. The molecule has 0 fully saturated rings. The average Bonchev–Trinajstić information content (AvgIpc) is 2.50. The van der Waals surface area contributed by atoms with Crippen LogP contribution in [0, 0.1) is 9.64 Å². The standard InChI is InChI=1S/C15H13F2INO2S.Y/c1-22-9-21-11-4-2-10(3-5-11)13-7-6-12(18)15(20)19(13)8-14(16)17;/h2-6,14H,8-9H2,1H3;/q-1;. The van der Waals surface area contributed by atoms with Gasteiger partial charge in [-0.25, -0.2) is 8.78 Å². The number of halogens is 3. The van der Waals surface area contributed by atoms with Crippen molar-refractivity contribution in [3.05, 3.63) is 50.3 Å². The normalized spacial score (nSPS) is 10.5. The van der Waals surface area contributed by atoms with Gasteiger partial charge in [0.25, 0.3) is 6.43 Å². The van der Waals surface area contributed by atoms with Gasteiger partial charge in [-0.15, -0.1) is 46.5 Å². The van der Waals surface area contributed by atoms with Crippen LogP contribution in [0.5, 0.6) is 5.75 Å². The molecule has 3 nitrogen and oxygen atoms in total. The third-order valence-corrected chi connectivity index (χ3v) is 3.97. The molecule has 0 unspecified atom stereocenters. The number of rotatable bonds is 6. The fourth-order valence-corrected chi connectivity index (χ4v) is 2.59. The first-order valence-corrected chi connectivity index (χ1v) is 8.81. The zero-order valence-corrected chi connectivity index (χ0v) is 18.1. The number of alkyl halides is 2. The third kappa shape index (κ3) is 5.79. The summed E-state index contributed by atoms with van der Waals surface area (Å²) >= 11 is 3.37. The monoisotopic (exact) mass is 525 g/mol. The van der Waals surface area contributed by atoms with E-state index in [2.05, 4.69) is 6.07 Å². The Balaban J connectivity index is 0.00000264. The third-order valence-electron chi connectivity index (χ3n) is 2.85. The first-order chi connectivity index (χ1) is 10.5. The second-order valence-electron chi connectivity index (χ2n) is 4.37. The van der Waals surface area contributed by atoms with Gasteiger partial charge in [0, 0.05) is 32.7 Å². The molecule has 1 aromatic carbocycles. The molecule has 0 bridgehead atoms. The quantitative estimate of drug-likeness (QED) is 0.326. The first kappa shape index (κ1) is 21.1. The number of thioether (sulfide) groups is 1. The van der Waals surface area contributed by atoms with Gasteiger partial charge in [0.15, 0.2) is 0 Å². The molecule has 0 atom stereocenters. The molecule has 1 heterocycles. The van der Waals surface area contributed by atoms with Crippen LogP contribution in [0.15, 0.2) is 35.1 Å². The molecule has 0 aliphatic heterocycles. The summed E-state index contributed by atoms with van der Waals surface area (Å²) in [7, 11) is 0. The van der Waals surface area contributed by atoms with Crippen LogP contribution >= 0.6 is 34.4 Å². The molecule has 2 rings (SSSR count). The summed E-state index contributed by atoms with van der Waals surface area (Å²) in [5.74, 6) is 1.22. The molecule has 0 N–H and O–H groups in total. The van der Waals surface area contributed by atoms with Crippen molar-refractivity contribution >= 4 is 34.4 Å². The number of aromatic nitrogens is 1. The van der Waals surface area contributed by atoms with Gasteiger partial charge in [-0.2, -0.15) is 12.1 Å². The number of hydrogen-bond acceptors (Lipinski definition) is 3. The van der Waals surface area contributed by atoms with Crippen LogP contribution in [-0.4, -0.2) is 23.2 Å². The molecule has 0 aliphatic carbocycles. The van der Waals surface area contributed by atoms with Gasteiger partial charge in [0.05, 0.1) is 6.54 Å². The minimum absolute atomic E-state index is 0. The van der Waals surface area contributed by atoms with E-state index in [0.29, 0.717) is 26.5 Å². The summed E-state index contributed by atoms with van der Waals surface area (Å²) in [4.78, 5) is 12.1. The van der Waals surface area contributed by atoms with Crippen molar-refractivity contribution in [2.75, 3.05) is 12.2 Å². The molecular weight excluding hydrogens is 512 g/mol. The van der Waals surface area contributed by atoms with Crippen LogP contribution in [0.2, 0.25) is 0 Å². The van der Waals surface area contributed by atoms with E-state index in [0.717, 1.165) is 4.57 Å². The number of ether oxygens (including phenoxy) is 1. The molecule has 0 spiro atoms. The molecular formula is C15H13F2INO2SY-. The molecule has 23 heavy (non-hydrogen) atoms. The van der Waals surface area contributed by atoms with Crippen LogP contribution in [0.1, 0.15) is 0 Å². The maximum Gasteiger partial charge on any atom is 0.256 e. The van der Waals surface area contributed by atoms with Gasteiger partial charge in [-0.05, 0) is 22.0 Å². The summed E-state index contributed by atoms with van der Waals surface area (Å²) in [6.45, 7) is -0.647.